The van der Waals surface area contributed by atoms with Crippen molar-refractivity contribution in [2.75, 3.05) is 23.8 Å². The van der Waals surface area contributed by atoms with Gasteiger partial charge in [-0.1, -0.05) is 0 Å². The summed E-state index contributed by atoms with van der Waals surface area (Å²) in [5.41, 5.74) is 1.77. The number of hydrogen-bond donors (Lipinski definition) is 3. The summed E-state index contributed by atoms with van der Waals surface area (Å²) >= 11 is 5.80. The molecule has 2 heterocycles. The molecule has 5 nitrogen and oxygen atoms in total. The maximum Gasteiger partial charge on any atom is 0.224 e. The lowest BCUT2D eigenvalue weighted by atomic mass is 10.1. The Balaban J connectivity index is 2.13. The summed E-state index contributed by atoms with van der Waals surface area (Å²) in [7, 11) is 0. The van der Waals surface area contributed by atoms with Crippen LogP contribution in [-0.4, -0.2) is 34.3 Å². The van der Waals surface area contributed by atoms with Crippen LogP contribution in [0.25, 0.3) is 0 Å². The van der Waals surface area contributed by atoms with Crippen LogP contribution in [0.4, 0.5) is 11.5 Å². The number of aliphatic hydroxyl groups is 1. The van der Waals surface area contributed by atoms with Crippen LogP contribution in [-0.2, 0) is 0 Å². The van der Waals surface area contributed by atoms with Crippen molar-refractivity contribution in [1.82, 2.24) is 9.97 Å². The van der Waals surface area contributed by atoms with Crippen molar-refractivity contribution in [2.45, 2.75) is 25.8 Å². The van der Waals surface area contributed by atoms with Crippen molar-refractivity contribution in [2.24, 2.45) is 0 Å². The fraction of sp³-hybridized carbons (Fsp3) is 0.600. The third-order valence-electron chi connectivity index (χ3n) is 2.64. The lowest BCUT2D eigenvalue weighted by Crippen LogP contribution is -2.34. The zero-order chi connectivity index (χ0) is 11.5. The number of rotatable bonds is 3. The van der Waals surface area contributed by atoms with E-state index in [1.54, 1.807) is 0 Å². The molecule has 16 heavy (non-hydrogen) atoms. The molecule has 6 heteroatoms. The van der Waals surface area contributed by atoms with Crippen LogP contribution in [0.15, 0.2) is 0 Å². The highest BCUT2D eigenvalue weighted by molar-refractivity contribution is 6.28. The predicted octanol–water partition coefficient (Wildman–Crippen LogP) is 1.42. The molecule has 1 aromatic heterocycles. The summed E-state index contributed by atoms with van der Waals surface area (Å²) in [5, 5.41) is 15.6. The number of nitrogens with one attached hydrogen (secondary N) is 2. The van der Waals surface area contributed by atoms with Gasteiger partial charge in [-0.3, -0.25) is 0 Å². The van der Waals surface area contributed by atoms with E-state index in [0.717, 1.165) is 36.6 Å². The van der Waals surface area contributed by atoms with E-state index in [4.69, 9.17) is 16.7 Å². The first kappa shape index (κ1) is 11.4. The first-order valence-electron chi connectivity index (χ1n) is 5.36. The van der Waals surface area contributed by atoms with Crippen molar-refractivity contribution in [3.05, 3.63) is 11.0 Å². The predicted molar refractivity (Wildman–Crippen MR) is 64.0 cm³/mol. The molecular formula is C10H15ClN4O. The van der Waals surface area contributed by atoms with Gasteiger partial charge in [-0.2, -0.15) is 4.98 Å². The smallest absolute Gasteiger partial charge is 0.224 e. The van der Waals surface area contributed by atoms with Crippen molar-refractivity contribution in [1.29, 1.82) is 0 Å². The van der Waals surface area contributed by atoms with E-state index < -0.39 is 0 Å². The summed E-state index contributed by atoms with van der Waals surface area (Å²) in [6, 6.07) is 0.282. The minimum absolute atomic E-state index is 0.217. The molecule has 1 atom stereocenters. The van der Waals surface area contributed by atoms with Gasteiger partial charge in [0.25, 0.3) is 0 Å². The normalized spacial score (nSPS) is 18.6. The number of aromatic nitrogens is 2. The highest BCUT2D eigenvalue weighted by atomic mass is 35.5. The minimum Gasteiger partial charge on any atom is -0.396 e. The Morgan fingerprint density at radius 1 is 1.50 bits per heavy atom. The summed E-state index contributed by atoms with van der Waals surface area (Å²) in [6.07, 6.45) is 1.69. The third kappa shape index (κ3) is 2.36. The summed E-state index contributed by atoms with van der Waals surface area (Å²) in [4.78, 5) is 8.24. The quantitative estimate of drug-likeness (QED) is 0.700. The number of halogens is 1. The van der Waals surface area contributed by atoms with Crippen LogP contribution < -0.4 is 10.6 Å². The van der Waals surface area contributed by atoms with Crippen LogP contribution in [0, 0.1) is 6.92 Å². The molecule has 0 radical (unpaired) electrons. The van der Waals surface area contributed by atoms with Crippen LogP contribution in [0.3, 0.4) is 0 Å². The molecule has 0 saturated carbocycles. The maximum absolute atomic E-state index is 8.79. The van der Waals surface area contributed by atoms with Gasteiger partial charge >= 0.3 is 0 Å². The fourth-order valence-corrected chi connectivity index (χ4v) is 2.05. The van der Waals surface area contributed by atoms with Gasteiger partial charge in [0.1, 0.15) is 0 Å². The Morgan fingerprint density at radius 2 is 2.31 bits per heavy atom. The van der Waals surface area contributed by atoms with Crippen molar-refractivity contribution < 1.29 is 5.11 Å². The largest absolute Gasteiger partial charge is 0.396 e. The average molecular weight is 243 g/mol. The molecule has 0 bridgehead atoms. The lowest BCUT2D eigenvalue weighted by molar-refractivity contribution is 0.281. The number of nitrogens with zero attached hydrogens (tertiary/aromatic N) is 2. The highest BCUT2D eigenvalue weighted by Crippen LogP contribution is 2.28. The number of anilines is 2. The molecule has 2 rings (SSSR count). The monoisotopic (exact) mass is 242 g/mol. The molecule has 0 unspecified atom stereocenters. The zero-order valence-electron chi connectivity index (χ0n) is 9.13. The van der Waals surface area contributed by atoms with Crippen molar-refractivity contribution >= 4 is 23.1 Å². The van der Waals surface area contributed by atoms with Gasteiger partial charge in [0, 0.05) is 19.2 Å². The first-order valence-corrected chi connectivity index (χ1v) is 5.74. The van der Waals surface area contributed by atoms with E-state index in [1.165, 1.54) is 0 Å². The molecule has 3 N–H and O–H groups in total. The molecule has 1 aliphatic heterocycles. The van der Waals surface area contributed by atoms with Gasteiger partial charge in [0.2, 0.25) is 5.28 Å². The van der Waals surface area contributed by atoms with Crippen LogP contribution >= 0.6 is 11.6 Å². The Hall–Kier alpha value is -1.07. The van der Waals surface area contributed by atoms with E-state index in [-0.39, 0.29) is 17.9 Å². The topological polar surface area (TPSA) is 70.1 Å². The molecule has 0 aliphatic carbocycles. The molecular weight excluding hydrogens is 228 g/mol. The van der Waals surface area contributed by atoms with Crippen LogP contribution in [0.1, 0.15) is 18.5 Å². The summed E-state index contributed by atoms with van der Waals surface area (Å²) < 4.78 is 0. The molecule has 0 fully saturated rings. The second kappa shape index (κ2) is 4.84. The highest BCUT2D eigenvalue weighted by Gasteiger charge is 2.20. The van der Waals surface area contributed by atoms with E-state index >= 15 is 0 Å². The van der Waals surface area contributed by atoms with E-state index in [2.05, 4.69) is 20.6 Å². The van der Waals surface area contributed by atoms with Crippen molar-refractivity contribution in [3.8, 4) is 0 Å². The standard InChI is InChI=1S/C10H15ClN4O/c1-6-8-9(15-10(11)13-6)14-7(5-12-8)3-2-4-16/h7,12,16H,2-5H2,1H3,(H,13,14,15)/t7-/m0/s1. The SMILES string of the molecule is Cc1nc(Cl)nc2c1NC[C@H](CCCO)N2. The summed E-state index contributed by atoms with van der Waals surface area (Å²) in [6.45, 7) is 2.93. The van der Waals surface area contributed by atoms with Gasteiger partial charge in [-0.25, -0.2) is 4.98 Å². The lowest BCUT2D eigenvalue weighted by Gasteiger charge is -2.28. The second-order valence-electron chi connectivity index (χ2n) is 3.89. The number of hydrogen-bond acceptors (Lipinski definition) is 5. The van der Waals surface area contributed by atoms with Gasteiger partial charge in [-0.15, -0.1) is 0 Å². The molecule has 0 aromatic carbocycles. The Bertz CT molecular complexity index is 385. The van der Waals surface area contributed by atoms with E-state index in [9.17, 15) is 0 Å². The van der Waals surface area contributed by atoms with Gasteiger partial charge in [0.05, 0.1) is 11.4 Å². The average Bonchev–Trinajstić information content (AvgIpc) is 2.25. The zero-order valence-corrected chi connectivity index (χ0v) is 9.88. The second-order valence-corrected chi connectivity index (χ2v) is 4.23. The van der Waals surface area contributed by atoms with E-state index in [1.807, 2.05) is 6.92 Å². The van der Waals surface area contributed by atoms with Crippen molar-refractivity contribution in [3.63, 3.8) is 0 Å². The van der Waals surface area contributed by atoms with Gasteiger partial charge in [-0.05, 0) is 31.4 Å². The minimum atomic E-state index is 0.217. The fourth-order valence-electron chi connectivity index (χ4n) is 1.84. The molecule has 0 spiro atoms. The Labute approximate surface area is 99.3 Å². The molecule has 1 aromatic rings. The Morgan fingerprint density at radius 3 is 3.06 bits per heavy atom. The number of aryl methyl sites for hydroxylation is 1. The first-order chi connectivity index (χ1) is 7.70. The van der Waals surface area contributed by atoms with E-state index in [0.29, 0.717) is 0 Å². The van der Waals surface area contributed by atoms with Gasteiger partial charge in [0.15, 0.2) is 5.82 Å². The Kier molecular flexibility index (Phi) is 3.46. The molecule has 1 aliphatic rings. The molecule has 0 saturated heterocycles. The molecule has 88 valence electrons. The van der Waals surface area contributed by atoms with Crippen LogP contribution in [0.2, 0.25) is 5.28 Å². The maximum atomic E-state index is 8.79. The van der Waals surface area contributed by atoms with Crippen LogP contribution in [0.5, 0.6) is 0 Å². The summed E-state index contributed by atoms with van der Waals surface area (Å²) in [5.74, 6) is 0.756. The molecule has 0 amide bonds. The van der Waals surface area contributed by atoms with Gasteiger partial charge < -0.3 is 15.7 Å². The number of aliphatic hydroxyl groups excluding tert-OH is 1. The third-order valence-corrected chi connectivity index (χ3v) is 2.81. The number of fused-ring (bicyclic) bond motifs is 1.